The molecule has 0 bridgehead atoms. The van der Waals surface area contributed by atoms with E-state index in [1.54, 1.807) is 0 Å². The fraction of sp³-hybridized carbons (Fsp3) is 0.963. The second kappa shape index (κ2) is 66.2. The molecule has 578 valence electrons. The minimum Gasteiger partial charge on any atom is -0.394 e. The molecule has 0 aliphatic carbocycles. The first kappa shape index (κ1) is 95.2. The van der Waals surface area contributed by atoms with Crippen LogP contribution >= 0.6 is 0 Å². The van der Waals surface area contributed by atoms with Gasteiger partial charge < -0.3 is 64.4 Å². The second-order valence-corrected chi connectivity index (χ2v) is 33.1. The maximum atomic E-state index is 13.9. The van der Waals surface area contributed by atoms with E-state index >= 15 is 0 Å². The van der Waals surface area contributed by atoms with E-state index in [9.17, 15) is 45.0 Å². The number of hydrogen-bond donors (Lipinski definition) is 9. The molecule has 0 heterocycles. The lowest BCUT2D eigenvalue weighted by atomic mass is 10.0. The molecule has 0 unspecified atom stereocenters. The third-order valence-electron chi connectivity index (χ3n) is 20.5. The van der Waals surface area contributed by atoms with Crippen LogP contribution in [0.4, 0.5) is 0 Å². The highest BCUT2D eigenvalue weighted by Gasteiger charge is 2.49. The summed E-state index contributed by atoms with van der Waals surface area (Å²) in [6.07, 6.45) is 60.3. The zero-order valence-electron chi connectivity index (χ0n) is 64.7. The lowest BCUT2D eigenvalue weighted by Crippen LogP contribution is -2.65. The van der Waals surface area contributed by atoms with Gasteiger partial charge in [-0.25, -0.2) is 0 Å². The van der Waals surface area contributed by atoms with E-state index in [1.807, 2.05) is 0 Å². The van der Waals surface area contributed by atoms with Gasteiger partial charge in [0.25, 0.3) is 0 Å². The highest BCUT2D eigenvalue weighted by atomic mass is 28.4. The fourth-order valence-corrected chi connectivity index (χ4v) is 16.2. The molecule has 16 nitrogen and oxygen atoms in total. The average molecular weight is 1400 g/mol. The van der Waals surface area contributed by atoms with Crippen LogP contribution in [0.15, 0.2) is 0 Å². The Bertz CT molecular complexity index is 1660. The number of nitrogens with zero attached hydrogens (tertiary/aromatic N) is 1. The molecular formula is C80H163N4O12Si+. The van der Waals surface area contributed by atoms with Crippen molar-refractivity contribution in [1.82, 2.24) is 16.0 Å². The first-order valence-corrected chi connectivity index (χ1v) is 43.4. The summed E-state index contributed by atoms with van der Waals surface area (Å²) in [6, 6.07) is 0.134. The smallest absolute Gasteiger partial charge is 0.394 e. The van der Waals surface area contributed by atoms with Gasteiger partial charge in [-0.05, 0) is 44.9 Å². The van der Waals surface area contributed by atoms with Gasteiger partial charge in [0.2, 0.25) is 17.7 Å². The van der Waals surface area contributed by atoms with E-state index in [2.05, 4.69) is 57.6 Å². The number of nitrogens with one attached hydrogen (secondary N) is 3. The Hall–Kier alpha value is -1.77. The Morgan fingerprint density at radius 1 is 0.278 bits per heavy atom. The predicted octanol–water partition coefficient (Wildman–Crippen LogP) is 17.5. The van der Waals surface area contributed by atoms with Crippen LogP contribution in [0.2, 0.25) is 6.04 Å². The number of amides is 3. The number of hydrogen-bond acceptors (Lipinski definition) is 12. The van der Waals surface area contributed by atoms with Crippen molar-refractivity contribution in [3.8, 4) is 0 Å². The van der Waals surface area contributed by atoms with Crippen molar-refractivity contribution in [1.29, 1.82) is 0 Å². The minimum absolute atomic E-state index is 0.134. The molecule has 0 spiro atoms. The molecule has 0 atom stereocenters. The molecule has 0 aromatic heterocycles. The van der Waals surface area contributed by atoms with Crippen molar-refractivity contribution in [2.45, 2.75) is 410 Å². The molecule has 17 heteroatoms. The lowest BCUT2D eigenvalue weighted by molar-refractivity contribution is -0.910. The van der Waals surface area contributed by atoms with Crippen LogP contribution in [0.5, 0.6) is 0 Å². The molecule has 0 aromatic rings. The summed E-state index contributed by atoms with van der Waals surface area (Å²) >= 11 is 0. The zero-order chi connectivity index (χ0) is 71.6. The molecule has 0 rings (SSSR count). The second-order valence-electron chi connectivity index (χ2n) is 30.4. The topological polar surface area (TPSA) is 236 Å². The standard InChI is InChI=1S/C80H162N4O12Si/c1-7-12-17-22-27-32-35-36-39-42-45-50-55-61-77(93)83-80(70-89,71-90)74-96-97(94-72-78(66-85,67-86)81-75(91)59-53-48-43-40-37-33-28-23-18-13-8-2,95-73-79(68-87,69-88)82-76(92)60-54-49-44-41-38-34-29-24-19-14-9-3)65-58-64-84(6,62-56-51-46-30-25-20-15-10-4)63-57-52-47-31-26-21-16-11-5/h85-90H,7-74H2,1-6H3,(H2-,81,82,83,91,92,93)/p+1. The van der Waals surface area contributed by atoms with Crippen molar-refractivity contribution in [2.75, 3.05) is 86.1 Å². The summed E-state index contributed by atoms with van der Waals surface area (Å²) in [4.78, 5) is 41.6. The Kier molecular flexibility index (Phi) is 65.0. The van der Waals surface area contributed by atoms with E-state index < -0.39 is 84.9 Å². The largest absolute Gasteiger partial charge is 0.501 e. The van der Waals surface area contributed by atoms with Crippen LogP contribution in [-0.4, -0.2) is 164 Å². The molecule has 0 radical (unpaired) electrons. The molecule has 0 aromatic carbocycles. The number of carbonyl (C=O) groups excluding carboxylic acids is 3. The zero-order valence-corrected chi connectivity index (χ0v) is 65.7. The van der Waals surface area contributed by atoms with E-state index in [4.69, 9.17) is 13.3 Å². The number of aliphatic hydroxyl groups is 6. The summed E-state index contributed by atoms with van der Waals surface area (Å²) in [5.41, 5.74) is -5.09. The van der Waals surface area contributed by atoms with Crippen LogP contribution in [0.3, 0.4) is 0 Å². The van der Waals surface area contributed by atoms with E-state index in [0.717, 1.165) is 101 Å². The van der Waals surface area contributed by atoms with Crippen molar-refractivity contribution >= 4 is 26.5 Å². The summed E-state index contributed by atoms with van der Waals surface area (Å²) < 4.78 is 21.8. The molecule has 3 amide bonds. The number of rotatable bonds is 78. The Morgan fingerprint density at radius 3 is 0.649 bits per heavy atom. The van der Waals surface area contributed by atoms with Gasteiger partial charge in [-0.15, -0.1) is 0 Å². The SMILES string of the molecule is CCCCCCCCCCCCCCCC(=O)NC(CO)(CO)CO[Si](CCC[N+](C)(CCCCCCCCCC)CCCCCCCCCC)(OCC(CO)(CO)NC(=O)CCCCCCCCCCCCC)OCC(CO)(CO)NC(=O)CCCCCCCCCCCCC. The van der Waals surface area contributed by atoms with Gasteiger partial charge in [-0.3, -0.25) is 14.4 Å². The summed E-state index contributed by atoms with van der Waals surface area (Å²) in [5.74, 6) is -1.05. The molecule has 0 fully saturated rings. The van der Waals surface area contributed by atoms with Crippen LogP contribution in [0.25, 0.3) is 0 Å². The minimum atomic E-state index is -4.40. The Morgan fingerprint density at radius 2 is 0.454 bits per heavy atom. The number of unbranched alkanes of at least 4 members (excludes halogenated alkanes) is 46. The molecular weight excluding hydrogens is 1240 g/mol. The Balaban J connectivity index is 7.21. The van der Waals surface area contributed by atoms with Crippen LogP contribution in [0.1, 0.15) is 388 Å². The predicted molar refractivity (Wildman–Crippen MR) is 407 cm³/mol. The molecule has 0 aliphatic heterocycles. The van der Waals surface area contributed by atoms with Gasteiger partial charge in [0.15, 0.2) is 0 Å². The molecule has 0 saturated heterocycles. The maximum absolute atomic E-state index is 13.9. The van der Waals surface area contributed by atoms with Gasteiger partial charge in [0, 0.05) is 31.7 Å². The molecule has 0 saturated carbocycles. The highest BCUT2D eigenvalue weighted by Crippen LogP contribution is 2.28. The van der Waals surface area contributed by atoms with Gasteiger partial charge in [0.05, 0.1) is 86.1 Å². The number of carbonyl (C=O) groups is 3. The Labute approximate surface area is 599 Å². The van der Waals surface area contributed by atoms with Gasteiger partial charge in [0.1, 0.15) is 16.6 Å². The highest BCUT2D eigenvalue weighted by molar-refractivity contribution is 6.60. The molecule has 97 heavy (non-hydrogen) atoms. The van der Waals surface area contributed by atoms with Crippen molar-refractivity contribution in [3.05, 3.63) is 0 Å². The molecule has 9 N–H and O–H groups in total. The quantitative estimate of drug-likeness (QED) is 0.0157. The van der Waals surface area contributed by atoms with Gasteiger partial charge in [-0.1, -0.05) is 317 Å². The van der Waals surface area contributed by atoms with E-state index in [1.165, 1.54) is 225 Å². The monoisotopic (exact) mass is 1400 g/mol. The fourth-order valence-electron chi connectivity index (χ4n) is 13.4. The van der Waals surface area contributed by atoms with E-state index in [-0.39, 0.29) is 43.0 Å². The van der Waals surface area contributed by atoms with E-state index in [0.29, 0.717) is 32.2 Å². The third kappa shape index (κ3) is 52.8. The first-order valence-electron chi connectivity index (χ1n) is 41.5. The van der Waals surface area contributed by atoms with Crippen molar-refractivity contribution in [2.24, 2.45) is 0 Å². The summed E-state index contributed by atoms with van der Waals surface area (Å²) in [7, 11) is -2.08. The van der Waals surface area contributed by atoms with Crippen LogP contribution < -0.4 is 16.0 Å². The summed E-state index contributed by atoms with van der Waals surface area (Å²) in [6.45, 7) is 8.31. The summed E-state index contributed by atoms with van der Waals surface area (Å²) in [5, 5.41) is 76.0. The van der Waals surface area contributed by atoms with Crippen LogP contribution in [-0.2, 0) is 27.7 Å². The first-order chi connectivity index (χ1) is 47.2. The third-order valence-corrected chi connectivity index (χ3v) is 23.3. The van der Waals surface area contributed by atoms with Crippen molar-refractivity contribution < 1.29 is 62.8 Å². The van der Waals surface area contributed by atoms with Crippen LogP contribution in [0, 0.1) is 0 Å². The molecule has 0 aliphatic rings. The lowest BCUT2D eigenvalue weighted by Gasteiger charge is -2.41. The normalized spacial score (nSPS) is 12.5. The van der Waals surface area contributed by atoms with Gasteiger partial charge in [-0.2, -0.15) is 0 Å². The maximum Gasteiger partial charge on any atom is 0.501 e. The average Bonchev–Trinajstić information content (AvgIpc) is 0.823. The number of quaternary nitrogens is 1. The van der Waals surface area contributed by atoms with Gasteiger partial charge >= 0.3 is 8.80 Å². The van der Waals surface area contributed by atoms with Crippen molar-refractivity contribution in [3.63, 3.8) is 0 Å². The number of aliphatic hydroxyl groups excluding tert-OH is 6.